The van der Waals surface area contributed by atoms with Gasteiger partial charge < -0.3 is 20.7 Å². The van der Waals surface area contributed by atoms with E-state index in [2.05, 4.69) is 20.9 Å². The van der Waals surface area contributed by atoms with Gasteiger partial charge in [0, 0.05) is 11.6 Å². The Balaban J connectivity index is 1.68. The van der Waals surface area contributed by atoms with Crippen molar-refractivity contribution in [2.24, 2.45) is 5.92 Å². The molecule has 7 nitrogen and oxygen atoms in total. The molecule has 0 aliphatic rings. The molecule has 3 rings (SSSR count). The van der Waals surface area contributed by atoms with Crippen molar-refractivity contribution in [1.82, 2.24) is 15.6 Å². The maximum Gasteiger partial charge on any atom is 0.315 e. The summed E-state index contributed by atoms with van der Waals surface area (Å²) in [6.07, 6.45) is 0.493. The zero-order valence-electron chi connectivity index (χ0n) is 20.3. The van der Waals surface area contributed by atoms with Gasteiger partial charge in [-0.05, 0) is 86.8 Å². The van der Waals surface area contributed by atoms with E-state index in [1.807, 2.05) is 45.9 Å². The highest BCUT2D eigenvalue weighted by Crippen LogP contribution is 2.26. The first-order valence-corrected chi connectivity index (χ1v) is 11.6. The minimum Gasteiger partial charge on any atom is -0.457 e. The minimum atomic E-state index is -0.693. The largest absolute Gasteiger partial charge is 0.457 e. The van der Waals surface area contributed by atoms with Crippen molar-refractivity contribution >= 4 is 17.8 Å². The predicted molar refractivity (Wildman–Crippen MR) is 135 cm³/mol. The Bertz CT molecular complexity index is 1130. The van der Waals surface area contributed by atoms with E-state index in [-0.39, 0.29) is 29.7 Å². The van der Waals surface area contributed by atoms with Gasteiger partial charge in [0.05, 0.1) is 5.69 Å². The highest BCUT2D eigenvalue weighted by atomic mass is 19.1. The van der Waals surface area contributed by atoms with Gasteiger partial charge in [-0.1, -0.05) is 19.9 Å². The number of rotatable bonds is 9. The van der Waals surface area contributed by atoms with Crippen molar-refractivity contribution < 1.29 is 18.7 Å². The Kier molecular flexibility index (Phi) is 8.78. The van der Waals surface area contributed by atoms with E-state index in [0.717, 1.165) is 5.56 Å². The number of ether oxygens (including phenoxy) is 1. The lowest BCUT2D eigenvalue weighted by atomic mass is 10.0. The first kappa shape index (κ1) is 25.7. The molecule has 0 fully saturated rings. The number of carbonyl (C=O) groups is 2. The van der Waals surface area contributed by atoms with Crippen molar-refractivity contribution in [3.05, 3.63) is 72.5 Å². The summed E-state index contributed by atoms with van der Waals surface area (Å²) in [7, 11) is 0. The molecule has 0 spiro atoms. The molecule has 35 heavy (non-hydrogen) atoms. The quantitative estimate of drug-likeness (QED) is 0.366. The van der Waals surface area contributed by atoms with Crippen molar-refractivity contribution in [2.75, 3.05) is 5.32 Å². The fourth-order valence-electron chi connectivity index (χ4n) is 3.38. The third-order valence-electron chi connectivity index (χ3n) is 4.95. The second-order valence-corrected chi connectivity index (χ2v) is 8.93. The van der Waals surface area contributed by atoms with E-state index in [9.17, 15) is 14.0 Å². The molecule has 0 saturated carbocycles. The Morgan fingerprint density at radius 3 is 2.11 bits per heavy atom. The van der Waals surface area contributed by atoms with Gasteiger partial charge in [0.1, 0.15) is 29.2 Å². The van der Waals surface area contributed by atoms with Gasteiger partial charge >= 0.3 is 6.03 Å². The first-order chi connectivity index (χ1) is 16.7. The first-order valence-electron chi connectivity index (χ1n) is 11.6. The number of aromatic nitrogens is 1. The predicted octanol–water partition coefficient (Wildman–Crippen LogP) is 5.74. The molecular formula is C27H31FN4O3. The number of halogens is 1. The number of hydrogen-bond donors (Lipinski definition) is 3. The fourth-order valence-corrected chi connectivity index (χ4v) is 3.38. The van der Waals surface area contributed by atoms with Crippen molar-refractivity contribution in [3.63, 3.8) is 0 Å². The number of anilines is 1. The lowest BCUT2D eigenvalue weighted by Crippen LogP contribution is -2.50. The van der Waals surface area contributed by atoms with Crippen LogP contribution in [0.5, 0.6) is 11.5 Å². The van der Waals surface area contributed by atoms with Crippen LogP contribution in [-0.2, 0) is 4.79 Å². The molecule has 0 aliphatic carbocycles. The van der Waals surface area contributed by atoms with Crippen LogP contribution in [0.1, 0.15) is 34.1 Å². The zero-order valence-corrected chi connectivity index (χ0v) is 20.3. The maximum atomic E-state index is 13.1. The molecule has 0 aliphatic heterocycles. The van der Waals surface area contributed by atoms with Crippen molar-refractivity contribution in [3.8, 4) is 22.8 Å². The summed E-state index contributed by atoms with van der Waals surface area (Å²) >= 11 is 0. The van der Waals surface area contributed by atoms with Crippen LogP contribution in [0.25, 0.3) is 11.3 Å². The molecule has 2 aromatic carbocycles. The summed E-state index contributed by atoms with van der Waals surface area (Å²) in [5.41, 5.74) is 1.50. The fraction of sp³-hybridized carbons (Fsp3) is 0.296. The van der Waals surface area contributed by atoms with Gasteiger partial charge in [-0.2, -0.15) is 0 Å². The summed E-state index contributed by atoms with van der Waals surface area (Å²) in [6.45, 7) is 7.69. The number of urea groups is 1. The van der Waals surface area contributed by atoms with Crippen LogP contribution in [0.2, 0.25) is 0 Å². The summed E-state index contributed by atoms with van der Waals surface area (Å²) in [5, 5.41) is 8.31. The van der Waals surface area contributed by atoms with E-state index in [4.69, 9.17) is 4.74 Å². The number of benzene rings is 2. The van der Waals surface area contributed by atoms with E-state index in [1.54, 1.807) is 36.4 Å². The van der Waals surface area contributed by atoms with Crippen molar-refractivity contribution in [1.29, 1.82) is 0 Å². The number of nitrogens with one attached hydrogen (secondary N) is 3. The molecule has 3 aromatic rings. The van der Waals surface area contributed by atoms with Crippen LogP contribution in [0.3, 0.4) is 0 Å². The second kappa shape index (κ2) is 12.0. The average Bonchev–Trinajstić information content (AvgIpc) is 2.80. The van der Waals surface area contributed by atoms with Gasteiger partial charge in [-0.25, -0.2) is 14.2 Å². The third kappa shape index (κ3) is 8.10. The Morgan fingerprint density at radius 2 is 1.51 bits per heavy atom. The third-order valence-corrected chi connectivity index (χ3v) is 4.95. The number of amides is 3. The summed E-state index contributed by atoms with van der Waals surface area (Å²) < 4.78 is 18.8. The van der Waals surface area contributed by atoms with Crippen LogP contribution < -0.4 is 20.7 Å². The average molecular weight is 479 g/mol. The summed E-state index contributed by atoms with van der Waals surface area (Å²) in [4.78, 5) is 29.6. The number of pyridine rings is 1. The maximum absolute atomic E-state index is 13.1. The van der Waals surface area contributed by atoms with Crippen LogP contribution in [0, 0.1) is 11.7 Å². The molecule has 184 valence electrons. The molecule has 3 N–H and O–H groups in total. The minimum absolute atomic E-state index is 0.0383. The van der Waals surface area contributed by atoms with Gasteiger partial charge in [0.15, 0.2) is 0 Å². The summed E-state index contributed by atoms with van der Waals surface area (Å²) in [6, 6.07) is 17.3. The SMILES string of the molecule is CC(C)CC(NC(=O)NC(C)C)C(=O)Nc1cccc(-c2ccc(Oc3ccc(F)cc3)cc2)n1. The van der Waals surface area contributed by atoms with Crippen LogP contribution in [-0.4, -0.2) is 29.0 Å². The smallest absolute Gasteiger partial charge is 0.315 e. The Hall–Kier alpha value is -3.94. The standard InChI is InChI=1S/C27H31FN4O3/c1-17(2)16-24(31-27(34)29-18(3)4)26(33)32-25-7-5-6-23(30-25)19-8-12-21(13-9-19)35-22-14-10-20(28)11-15-22/h5-15,17-18,24H,16H2,1-4H3,(H2,29,31,34)(H,30,32,33). The monoisotopic (exact) mass is 478 g/mol. The molecule has 8 heteroatoms. The Morgan fingerprint density at radius 1 is 0.886 bits per heavy atom. The highest BCUT2D eigenvalue weighted by molar-refractivity contribution is 5.96. The molecule has 1 heterocycles. The topological polar surface area (TPSA) is 92.4 Å². The van der Waals surface area contributed by atoms with Crippen molar-refractivity contribution in [2.45, 2.75) is 46.2 Å². The second-order valence-electron chi connectivity index (χ2n) is 8.93. The van der Waals surface area contributed by atoms with Crippen LogP contribution in [0.15, 0.2) is 66.7 Å². The number of nitrogens with zero attached hydrogens (tertiary/aromatic N) is 1. The molecule has 0 saturated heterocycles. The molecule has 0 radical (unpaired) electrons. The Labute approximate surface area is 205 Å². The van der Waals surface area contributed by atoms with Crippen LogP contribution >= 0.6 is 0 Å². The molecule has 1 aromatic heterocycles. The molecule has 3 amide bonds. The molecule has 0 bridgehead atoms. The van der Waals surface area contributed by atoms with Gasteiger partial charge in [0.25, 0.3) is 0 Å². The molecular weight excluding hydrogens is 447 g/mol. The zero-order chi connectivity index (χ0) is 25.4. The summed E-state index contributed by atoms with van der Waals surface area (Å²) in [5.74, 6) is 1.08. The van der Waals surface area contributed by atoms with E-state index < -0.39 is 6.04 Å². The molecule has 1 unspecified atom stereocenters. The highest BCUT2D eigenvalue weighted by Gasteiger charge is 2.22. The molecule has 1 atom stereocenters. The number of hydrogen-bond acceptors (Lipinski definition) is 4. The lowest BCUT2D eigenvalue weighted by molar-refractivity contribution is -0.118. The van der Waals surface area contributed by atoms with Gasteiger partial charge in [-0.15, -0.1) is 0 Å². The van der Waals surface area contributed by atoms with Gasteiger partial charge in [-0.3, -0.25) is 4.79 Å². The van der Waals surface area contributed by atoms with Crippen LogP contribution in [0.4, 0.5) is 15.0 Å². The van der Waals surface area contributed by atoms with Gasteiger partial charge in [0.2, 0.25) is 5.91 Å². The lowest BCUT2D eigenvalue weighted by Gasteiger charge is -2.21. The number of carbonyl (C=O) groups excluding carboxylic acids is 2. The normalized spacial score (nSPS) is 11.7. The van der Waals surface area contributed by atoms with E-state index in [1.165, 1.54) is 12.1 Å². The van der Waals surface area contributed by atoms with E-state index >= 15 is 0 Å². The van der Waals surface area contributed by atoms with E-state index in [0.29, 0.717) is 29.4 Å².